The molecule has 124 valence electrons. The fourth-order valence-corrected chi connectivity index (χ4v) is 2.95. The molecule has 1 heterocycles. The van der Waals surface area contributed by atoms with E-state index in [1.165, 1.54) is 17.7 Å². The monoisotopic (exact) mass is 334 g/mol. The van der Waals surface area contributed by atoms with Gasteiger partial charge in [-0.15, -0.1) is 0 Å². The number of halogens is 1. The van der Waals surface area contributed by atoms with Gasteiger partial charge in [0, 0.05) is 20.1 Å². The Labute approximate surface area is 141 Å². The first kappa shape index (κ1) is 17.4. The molecule has 1 unspecified atom stereocenters. The smallest absolute Gasteiger partial charge is 0.191 e. The van der Waals surface area contributed by atoms with Crippen LogP contribution in [0.1, 0.15) is 17.2 Å². The van der Waals surface area contributed by atoms with Crippen LogP contribution in [0.25, 0.3) is 0 Å². The van der Waals surface area contributed by atoms with Gasteiger partial charge in [-0.3, -0.25) is 4.99 Å². The number of aliphatic imine (C=N–C) groups is 1. The molecule has 0 aliphatic heterocycles. The predicted molar refractivity (Wildman–Crippen MR) is 95.3 cm³/mol. The molecule has 0 fully saturated rings. The van der Waals surface area contributed by atoms with Crippen molar-refractivity contribution in [3.8, 4) is 0 Å². The summed E-state index contributed by atoms with van der Waals surface area (Å²) in [5.74, 6) is 0.539. The fraction of sp³-hybridized carbons (Fsp3) is 0.353. The van der Waals surface area contributed by atoms with Gasteiger partial charge in [-0.25, -0.2) is 4.39 Å². The molecule has 0 radical (unpaired) electrons. The van der Waals surface area contributed by atoms with E-state index >= 15 is 0 Å². The van der Waals surface area contributed by atoms with Crippen LogP contribution in [-0.4, -0.2) is 38.5 Å². The Morgan fingerprint density at radius 1 is 1.22 bits per heavy atom. The Morgan fingerprint density at radius 2 is 1.96 bits per heavy atom. The Kier molecular flexibility index (Phi) is 6.55. The SMILES string of the molecule is CN=C(NCc1ccsc1)NCC(c1ccc(F)cc1)N(C)C. The first-order chi connectivity index (χ1) is 11.1. The molecule has 2 N–H and O–H groups in total. The Hall–Kier alpha value is -1.92. The minimum absolute atomic E-state index is 0.135. The lowest BCUT2D eigenvalue weighted by Crippen LogP contribution is -2.41. The summed E-state index contributed by atoms with van der Waals surface area (Å²) in [6.07, 6.45) is 0. The highest BCUT2D eigenvalue weighted by atomic mass is 32.1. The number of benzene rings is 1. The molecule has 1 atom stereocenters. The van der Waals surface area contributed by atoms with Crippen molar-refractivity contribution in [2.75, 3.05) is 27.7 Å². The molecule has 0 aliphatic rings. The van der Waals surface area contributed by atoms with Gasteiger partial charge >= 0.3 is 0 Å². The van der Waals surface area contributed by atoms with Gasteiger partial charge in [-0.05, 0) is 54.2 Å². The van der Waals surface area contributed by atoms with E-state index in [1.54, 1.807) is 18.4 Å². The van der Waals surface area contributed by atoms with Crippen LogP contribution in [0, 0.1) is 5.82 Å². The highest BCUT2D eigenvalue weighted by molar-refractivity contribution is 7.07. The molecule has 4 nitrogen and oxygen atoms in total. The van der Waals surface area contributed by atoms with Crippen molar-refractivity contribution in [2.24, 2.45) is 4.99 Å². The molecular weight excluding hydrogens is 311 g/mol. The predicted octanol–water partition coefficient (Wildman–Crippen LogP) is 2.86. The summed E-state index contributed by atoms with van der Waals surface area (Å²) in [7, 11) is 5.78. The number of likely N-dealkylation sites (N-methyl/N-ethyl adjacent to an activating group) is 1. The molecule has 0 saturated carbocycles. The van der Waals surface area contributed by atoms with E-state index < -0.39 is 0 Å². The zero-order valence-electron chi connectivity index (χ0n) is 13.7. The van der Waals surface area contributed by atoms with Crippen molar-refractivity contribution < 1.29 is 4.39 Å². The molecule has 2 rings (SSSR count). The lowest BCUT2D eigenvalue weighted by molar-refractivity contribution is 0.298. The Balaban J connectivity index is 1.92. The molecule has 2 aromatic rings. The molecule has 0 bridgehead atoms. The second-order valence-electron chi connectivity index (χ2n) is 5.47. The fourth-order valence-electron chi connectivity index (χ4n) is 2.28. The molecule has 0 spiro atoms. The van der Waals surface area contributed by atoms with Crippen LogP contribution in [0.15, 0.2) is 46.1 Å². The molecule has 0 saturated heterocycles. The maximum absolute atomic E-state index is 13.1. The normalized spacial score (nSPS) is 13.2. The number of hydrogen-bond acceptors (Lipinski definition) is 3. The van der Waals surface area contributed by atoms with Crippen molar-refractivity contribution in [3.63, 3.8) is 0 Å². The molecule has 0 aliphatic carbocycles. The van der Waals surface area contributed by atoms with Gasteiger partial charge in [0.2, 0.25) is 0 Å². The van der Waals surface area contributed by atoms with E-state index in [1.807, 2.05) is 26.2 Å². The standard InChI is InChI=1S/C17H23FN4S/c1-19-17(20-10-13-8-9-23-12-13)21-11-16(22(2)3)14-4-6-15(18)7-5-14/h4-9,12,16H,10-11H2,1-3H3,(H2,19,20,21). The van der Waals surface area contributed by atoms with Crippen LogP contribution in [-0.2, 0) is 6.54 Å². The van der Waals surface area contributed by atoms with Gasteiger partial charge < -0.3 is 15.5 Å². The van der Waals surface area contributed by atoms with Crippen LogP contribution in [0.3, 0.4) is 0 Å². The summed E-state index contributed by atoms with van der Waals surface area (Å²) in [4.78, 5) is 6.35. The second kappa shape index (κ2) is 8.64. The van der Waals surface area contributed by atoms with Crippen molar-refractivity contribution in [2.45, 2.75) is 12.6 Å². The van der Waals surface area contributed by atoms with E-state index in [-0.39, 0.29) is 11.9 Å². The van der Waals surface area contributed by atoms with Crippen molar-refractivity contribution in [1.29, 1.82) is 0 Å². The largest absolute Gasteiger partial charge is 0.354 e. The third kappa shape index (κ3) is 5.33. The summed E-state index contributed by atoms with van der Waals surface area (Å²) >= 11 is 1.68. The third-order valence-corrected chi connectivity index (χ3v) is 4.34. The Morgan fingerprint density at radius 3 is 2.52 bits per heavy atom. The lowest BCUT2D eigenvalue weighted by atomic mass is 10.1. The number of rotatable bonds is 6. The maximum atomic E-state index is 13.1. The number of nitrogens with one attached hydrogen (secondary N) is 2. The van der Waals surface area contributed by atoms with Gasteiger partial charge in [-0.2, -0.15) is 11.3 Å². The van der Waals surface area contributed by atoms with Gasteiger partial charge in [-0.1, -0.05) is 12.1 Å². The highest BCUT2D eigenvalue weighted by Gasteiger charge is 2.14. The zero-order chi connectivity index (χ0) is 16.7. The van der Waals surface area contributed by atoms with Crippen LogP contribution in [0.5, 0.6) is 0 Å². The van der Waals surface area contributed by atoms with Gasteiger partial charge in [0.05, 0.1) is 6.04 Å². The molecule has 1 aromatic carbocycles. The molecular formula is C17H23FN4S. The highest BCUT2D eigenvalue weighted by Crippen LogP contribution is 2.17. The summed E-state index contributed by atoms with van der Waals surface area (Å²) < 4.78 is 13.1. The van der Waals surface area contributed by atoms with Gasteiger partial charge in [0.15, 0.2) is 5.96 Å². The summed E-state index contributed by atoms with van der Waals surface area (Å²) in [6.45, 7) is 1.42. The summed E-state index contributed by atoms with van der Waals surface area (Å²) in [5, 5.41) is 10.8. The van der Waals surface area contributed by atoms with Crippen LogP contribution in [0.2, 0.25) is 0 Å². The first-order valence-electron chi connectivity index (χ1n) is 7.47. The quantitative estimate of drug-likeness (QED) is 0.630. The van der Waals surface area contributed by atoms with Crippen LogP contribution < -0.4 is 10.6 Å². The van der Waals surface area contributed by atoms with Crippen molar-refractivity contribution in [3.05, 3.63) is 58.0 Å². The summed E-state index contributed by atoms with van der Waals surface area (Å²) in [6, 6.07) is 8.86. The van der Waals surface area contributed by atoms with Crippen LogP contribution >= 0.6 is 11.3 Å². The van der Waals surface area contributed by atoms with E-state index in [4.69, 9.17) is 0 Å². The maximum Gasteiger partial charge on any atom is 0.191 e. The third-order valence-electron chi connectivity index (χ3n) is 3.60. The van der Waals surface area contributed by atoms with E-state index in [0.29, 0.717) is 6.54 Å². The van der Waals surface area contributed by atoms with E-state index in [9.17, 15) is 4.39 Å². The van der Waals surface area contributed by atoms with E-state index in [2.05, 4.69) is 37.4 Å². The average Bonchev–Trinajstić information content (AvgIpc) is 3.05. The zero-order valence-corrected chi connectivity index (χ0v) is 14.5. The minimum atomic E-state index is -0.215. The van der Waals surface area contributed by atoms with Crippen molar-refractivity contribution >= 4 is 17.3 Å². The first-order valence-corrected chi connectivity index (χ1v) is 8.42. The number of nitrogens with zero attached hydrogens (tertiary/aromatic N) is 2. The molecule has 1 aromatic heterocycles. The van der Waals surface area contributed by atoms with E-state index in [0.717, 1.165) is 18.1 Å². The topological polar surface area (TPSA) is 39.7 Å². The second-order valence-corrected chi connectivity index (χ2v) is 6.25. The molecule has 23 heavy (non-hydrogen) atoms. The molecule has 6 heteroatoms. The Bertz CT molecular complexity index is 608. The lowest BCUT2D eigenvalue weighted by Gasteiger charge is -2.26. The number of guanidine groups is 1. The minimum Gasteiger partial charge on any atom is -0.354 e. The average molecular weight is 334 g/mol. The molecule has 0 amide bonds. The number of hydrogen-bond donors (Lipinski definition) is 2. The van der Waals surface area contributed by atoms with Crippen LogP contribution in [0.4, 0.5) is 4.39 Å². The van der Waals surface area contributed by atoms with Gasteiger partial charge in [0.25, 0.3) is 0 Å². The number of thiophene rings is 1. The van der Waals surface area contributed by atoms with Crippen molar-refractivity contribution in [1.82, 2.24) is 15.5 Å². The van der Waals surface area contributed by atoms with Gasteiger partial charge in [0.1, 0.15) is 5.82 Å². The summed E-state index contributed by atoms with van der Waals surface area (Å²) in [5.41, 5.74) is 2.30.